The van der Waals surface area contributed by atoms with Gasteiger partial charge in [-0.25, -0.2) is 4.98 Å². The second kappa shape index (κ2) is 8.83. The molecule has 0 radical (unpaired) electrons. The van der Waals surface area contributed by atoms with Gasteiger partial charge in [0, 0.05) is 24.2 Å². The second-order valence-electron chi connectivity index (χ2n) is 6.97. The number of benzene rings is 1. The third kappa shape index (κ3) is 3.99. The normalized spacial score (nSPS) is 11.6. The first-order chi connectivity index (χ1) is 15.5. The van der Waals surface area contributed by atoms with Gasteiger partial charge in [-0.1, -0.05) is 12.1 Å². The number of aryl methyl sites for hydroxylation is 1. The summed E-state index contributed by atoms with van der Waals surface area (Å²) in [6.07, 6.45) is 4.42. The van der Waals surface area contributed by atoms with E-state index in [0.717, 1.165) is 5.69 Å². The van der Waals surface area contributed by atoms with Gasteiger partial charge in [-0.3, -0.25) is 0 Å². The van der Waals surface area contributed by atoms with E-state index >= 15 is 0 Å². The van der Waals surface area contributed by atoms with Crippen molar-refractivity contribution in [3.8, 4) is 34.9 Å². The predicted octanol–water partition coefficient (Wildman–Crippen LogP) is 3.00. The van der Waals surface area contributed by atoms with Crippen molar-refractivity contribution in [2.24, 2.45) is 0 Å². The van der Waals surface area contributed by atoms with Crippen molar-refractivity contribution >= 4 is 0 Å². The van der Waals surface area contributed by atoms with Gasteiger partial charge in [-0.2, -0.15) is 15.3 Å². The van der Waals surface area contributed by atoms with Crippen LogP contribution in [0.2, 0.25) is 0 Å². The maximum absolute atomic E-state index is 10.8. The molecule has 9 nitrogen and oxygen atoms in total. The molecule has 1 N–H and O–H groups in total. The number of ether oxygens (including phenoxy) is 2. The lowest BCUT2D eigenvalue weighted by Crippen LogP contribution is -2.03. The average Bonchev–Trinajstić information content (AvgIpc) is 3.33. The first-order valence-corrected chi connectivity index (χ1v) is 9.70. The van der Waals surface area contributed by atoms with Crippen LogP contribution in [0.4, 0.5) is 0 Å². The van der Waals surface area contributed by atoms with Crippen molar-refractivity contribution in [1.29, 1.82) is 5.26 Å². The standard InChI is InChI=1S/C23H20N6O3/c1-14-20(10-19(28-27-14)18-12-25-23(32-3)26-22(18)31-2)29-9-8-17(13-29)21(30)16-6-4-15(11-24)5-7-16/h4-10,12-13,21,30H,1-3H3. The number of nitrogens with zero attached hydrogens (tertiary/aromatic N) is 6. The van der Waals surface area contributed by atoms with Gasteiger partial charge in [0.05, 0.1) is 42.8 Å². The molecule has 0 aliphatic heterocycles. The summed E-state index contributed by atoms with van der Waals surface area (Å²) in [6, 6.07) is 12.8. The lowest BCUT2D eigenvalue weighted by atomic mass is 10.0. The highest BCUT2D eigenvalue weighted by Crippen LogP contribution is 2.30. The van der Waals surface area contributed by atoms with Crippen LogP contribution in [0.1, 0.15) is 28.5 Å². The van der Waals surface area contributed by atoms with Crippen LogP contribution < -0.4 is 9.47 Å². The summed E-state index contributed by atoms with van der Waals surface area (Å²) in [4.78, 5) is 8.34. The highest BCUT2D eigenvalue weighted by Gasteiger charge is 2.17. The van der Waals surface area contributed by atoms with Crippen LogP contribution >= 0.6 is 0 Å². The lowest BCUT2D eigenvalue weighted by molar-refractivity contribution is 0.220. The average molecular weight is 428 g/mol. The number of nitriles is 1. The van der Waals surface area contributed by atoms with Crippen molar-refractivity contribution in [1.82, 2.24) is 24.7 Å². The largest absolute Gasteiger partial charge is 0.480 e. The second-order valence-corrected chi connectivity index (χ2v) is 6.97. The van der Waals surface area contributed by atoms with Crippen molar-refractivity contribution in [2.75, 3.05) is 14.2 Å². The zero-order chi connectivity index (χ0) is 22.7. The molecule has 9 heteroatoms. The molecule has 32 heavy (non-hydrogen) atoms. The molecule has 0 saturated heterocycles. The van der Waals surface area contributed by atoms with E-state index in [2.05, 4.69) is 26.2 Å². The van der Waals surface area contributed by atoms with Gasteiger partial charge < -0.3 is 19.1 Å². The van der Waals surface area contributed by atoms with Crippen LogP contribution in [0.15, 0.2) is 55.0 Å². The minimum Gasteiger partial charge on any atom is -0.480 e. The Bertz CT molecular complexity index is 1290. The highest BCUT2D eigenvalue weighted by atomic mass is 16.5. The number of aliphatic hydroxyl groups excluding tert-OH is 1. The number of rotatable bonds is 6. The Kier molecular flexibility index (Phi) is 5.79. The number of aromatic nitrogens is 5. The number of hydrogen-bond acceptors (Lipinski definition) is 8. The molecule has 1 aromatic carbocycles. The molecule has 4 aromatic rings. The van der Waals surface area contributed by atoms with Gasteiger partial charge in [-0.05, 0) is 36.8 Å². The van der Waals surface area contributed by atoms with Crippen molar-refractivity contribution in [3.63, 3.8) is 0 Å². The summed E-state index contributed by atoms with van der Waals surface area (Å²) in [6.45, 7) is 1.85. The molecular formula is C23H20N6O3. The van der Waals surface area contributed by atoms with Gasteiger partial charge in [0.15, 0.2) is 0 Å². The molecular weight excluding hydrogens is 408 g/mol. The minimum absolute atomic E-state index is 0.192. The maximum atomic E-state index is 10.8. The predicted molar refractivity (Wildman–Crippen MR) is 115 cm³/mol. The summed E-state index contributed by atoms with van der Waals surface area (Å²) >= 11 is 0. The molecule has 3 heterocycles. The van der Waals surface area contributed by atoms with E-state index in [0.29, 0.717) is 39.5 Å². The van der Waals surface area contributed by atoms with Gasteiger partial charge >= 0.3 is 6.01 Å². The van der Waals surface area contributed by atoms with E-state index in [1.165, 1.54) is 14.2 Å². The molecule has 3 aromatic heterocycles. The van der Waals surface area contributed by atoms with Gasteiger partial charge in [0.1, 0.15) is 11.8 Å². The Morgan fingerprint density at radius 1 is 1.06 bits per heavy atom. The van der Waals surface area contributed by atoms with Crippen LogP contribution in [-0.4, -0.2) is 44.1 Å². The molecule has 1 unspecified atom stereocenters. The van der Waals surface area contributed by atoms with Crippen molar-refractivity contribution in [3.05, 3.63) is 77.4 Å². The zero-order valence-electron chi connectivity index (χ0n) is 17.7. The highest BCUT2D eigenvalue weighted by molar-refractivity contribution is 5.66. The maximum Gasteiger partial charge on any atom is 0.319 e. The SMILES string of the molecule is COc1ncc(-c2cc(-n3ccc(C(O)c4ccc(C#N)cc4)c3)c(C)nn2)c(OC)n1. The third-order valence-corrected chi connectivity index (χ3v) is 5.00. The molecule has 1 atom stereocenters. The summed E-state index contributed by atoms with van der Waals surface area (Å²) in [7, 11) is 2.99. The summed E-state index contributed by atoms with van der Waals surface area (Å²) in [5.41, 5.74) is 4.55. The lowest BCUT2D eigenvalue weighted by Gasteiger charge is -2.11. The quantitative estimate of drug-likeness (QED) is 0.498. The first kappa shape index (κ1) is 21.0. The number of hydrogen-bond donors (Lipinski definition) is 1. The van der Waals surface area contributed by atoms with Crippen LogP contribution in [0, 0.1) is 18.3 Å². The third-order valence-electron chi connectivity index (χ3n) is 5.00. The first-order valence-electron chi connectivity index (χ1n) is 9.70. The smallest absolute Gasteiger partial charge is 0.319 e. The van der Waals surface area contributed by atoms with E-state index in [-0.39, 0.29) is 6.01 Å². The summed E-state index contributed by atoms with van der Waals surface area (Å²) in [5, 5.41) is 28.3. The monoisotopic (exact) mass is 428 g/mol. The fourth-order valence-electron chi connectivity index (χ4n) is 3.27. The van der Waals surface area contributed by atoms with E-state index in [4.69, 9.17) is 14.7 Å². The Balaban J connectivity index is 1.68. The topological polar surface area (TPSA) is 119 Å². The van der Waals surface area contributed by atoms with Gasteiger partial charge in [0.25, 0.3) is 0 Å². The van der Waals surface area contributed by atoms with Crippen LogP contribution in [0.25, 0.3) is 16.9 Å². The zero-order valence-corrected chi connectivity index (χ0v) is 17.7. The van der Waals surface area contributed by atoms with Crippen molar-refractivity contribution in [2.45, 2.75) is 13.0 Å². The fourth-order valence-corrected chi connectivity index (χ4v) is 3.27. The molecule has 4 rings (SSSR count). The molecule has 0 spiro atoms. The Hall–Kier alpha value is -4.29. The molecule has 160 valence electrons. The fraction of sp³-hybridized carbons (Fsp3) is 0.174. The van der Waals surface area contributed by atoms with Crippen LogP contribution in [-0.2, 0) is 0 Å². The van der Waals surface area contributed by atoms with E-state index < -0.39 is 6.10 Å². The molecule has 0 saturated carbocycles. The van der Waals surface area contributed by atoms with Crippen LogP contribution in [0.3, 0.4) is 0 Å². The number of aliphatic hydroxyl groups is 1. The summed E-state index contributed by atoms with van der Waals surface area (Å²) in [5.74, 6) is 0.324. The molecule has 0 bridgehead atoms. The van der Waals surface area contributed by atoms with Crippen molar-refractivity contribution < 1.29 is 14.6 Å². The van der Waals surface area contributed by atoms with E-state index in [9.17, 15) is 5.11 Å². The Morgan fingerprint density at radius 2 is 1.84 bits per heavy atom. The molecule has 0 aliphatic carbocycles. The minimum atomic E-state index is -0.825. The van der Waals surface area contributed by atoms with E-state index in [1.54, 1.807) is 30.5 Å². The molecule has 0 fully saturated rings. The van der Waals surface area contributed by atoms with Crippen LogP contribution in [0.5, 0.6) is 11.9 Å². The Morgan fingerprint density at radius 3 is 2.53 bits per heavy atom. The molecule has 0 aliphatic rings. The molecule has 0 amide bonds. The van der Waals surface area contributed by atoms with E-state index in [1.807, 2.05) is 36.0 Å². The van der Waals surface area contributed by atoms with Gasteiger partial charge in [-0.15, -0.1) is 5.10 Å². The summed E-state index contributed by atoms with van der Waals surface area (Å²) < 4.78 is 12.3. The number of methoxy groups -OCH3 is 2. The Labute approximate surface area is 184 Å². The van der Waals surface area contributed by atoms with Gasteiger partial charge in [0.2, 0.25) is 5.88 Å².